The van der Waals surface area contributed by atoms with E-state index in [2.05, 4.69) is 0 Å². The molecule has 2 aromatic carbocycles. The zero-order valence-corrected chi connectivity index (χ0v) is 11.1. The Morgan fingerprint density at radius 1 is 1.06 bits per heavy atom. The van der Waals surface area contributed by atoms with E-state index >= 15 is 0 Å². The molecule has 0 aliphatic carbocycles. The first-order valence-electron chi connectivity index (χ1n) is 5.55. The van der Waals surface area contributed by atoms with E-state index in [-0.39, 0.29) is 5.82 Å². The molecule has 0 spiro atoms. The van der Waals surface area contributed by atoms with E-state index < -0.39 is 0 Å². The Morgan fingerprint density at radius 3 is 2.33 bits per heavy atom. The highest BCUT2D eigenvalue weighted by Gasteiger charge is 2.10. The molecule has 0 saturated carbocycles. The lowest BCUT2D eigenvalue weighted by atomic mass is 10.0. The van der Waals surface area contributed by atoms with Gasteiger partial charge in [0.05, 0.1) is 0 Å². The molecule has 0 bridgehead atoms. The van der Waals surface area contributed by atoms with Gasteiger partial charge in [-0.05, 0) is 42.3 Å². The molecule has 0 unspecified atom stereocenters. The average Bonchev–Trinajstić information content (AvgIpc) is 2.31. The van der Waals surface area contributed by atoms with E-state index in [0.29, 0.717) is 39.7 Å². The van der Waals surface area contributed by atoms with Gasteiger partial charge in [0.1, 0.15) is 5.82 Å². The Kier molecular flexibility index (Phi) is 4.23. The van der Waals surface area contributed by atoms with Crippen molar-refractivity contribution in [3.63, 3.8) is 0 Å². The fourth-order valence-electron chi connectivity index (χ4n) is 1.86. The smallest absolute Gasteiger partial charge is 0.134 e. The SMILES string of the molecule is NCCc1cccc(-c2cc(Cl)cc(Cl)c2)c1F. The molecule has 0 aliphatic rings. The molecule has 2 N–H and O–H groups in total. The quantitative estimate of drug-likeness (QED) is 0.893. The maximum absolute atomic E-state index is 14.3. The van der Waals surface area contributed by atoms with Gasteiger partial charge in [-0.15, -0.1) is 0 Å². The topological polar surface area (TPSA) is 26.0 Å². The molecular formula is C14H12Cl2FN. The van der Waals surface area contributed by atoms with Crippen molar-refractivity contribution in [3.05, 3.63) is 57.8 Å². The van der Waals surface area contributed by atoms with Gasteiger partial charge in [0, 0.05) is 15.6 Å². The number of nitrogens with two attached hydrogens (primary N) is 1. The standard InChI is InChI=1S/C14H12Cl2FN/c15-11-6-10(7-12(16)8-11)13-3-1-2-9(4-5-18)14(13)17/h1-3,6-8H,4-5,18H2. The third-order valence-electron chi connectivity index (χ3n) is 2.67. The van der Waals surface area contributed by atoms with Crippen molar-refractivity contribution in [2.24, 2.45) is 5.73 Å². The maximum atomic E-state index is 14.3. The molecule has 0 aromatic heterocycles. The number of rotatable bonds is 3. The van der Waals surface area contributed by atoms with E-state index in [1.165, 1.54) is 0 Å². The molecule has 0 heterocycles. The number of hydrogen-bond acceptors (Lipinski definition) is 1. The van der Waals surface area contributed by atoms with Crippen LogP contribution in [0.5, 0.6) is 0 Å². The molecular weight excluding hydrogens is 272 g/mol. The van der Waals surface area contributed by atoms with Gasteiger partial charge in [0.15, 0.2) is 0 Å². The monoisotopic (exact) mass is 283 g/mol. The molecule has 0 atom stereocenters. The molecule has 0 aliphatic heterocycles. The zero-order chi connectivity index (χ0) is 13.1. The van der Waals surface area contributed by atoms with Gasteiger partial charge >= 0.3 is 0 Å². The lowest BCUT2D eigenvalue weighted by Gasteiger charge is -2.08. The first-order chi connectivity index (χ1) is 8.61. The molecule has 18 heavy (non-hydrogen) atoms. The predicted octanol–water partition coefficient (Wildman–Crippen LogP) is 4.30. The van der Waals surface area contributed by atoms with Crippen LogP contribution < -0.4 is 5.73 Å². The van der Waals surface area contributed by atoms with Crippen LogP contribution in [0.1, 0.15) is 5.56 Å². The summed E-state index contributed by atoms with van der Waals surface area (Å²) in [4.78, 5) is 0. The van der Waals surface area contributed by atoms with Crippen LogP contribution in [-0.2, 0) is 6.42 Å². The van der Waals surface area contributed by atoms with Crippen molar-refractivity contribution in [3.8, 4) is 11.1 Å². The van der Waals surface area contributed by atoms with Crippen molar-refractivity contribution < 1.29 is 4.39 Å². The van der Waals surface area contributed by atoms with Crippen LogP contribution in [0.3, 0.4) is 0 Å². The molecule has 2 rings (SSSR count). The van der Waals surface area contributed by atoms with Gasteiger partial charge in [-0.1, -0.05) is 41.4 Å². The first kappa shape index (κ1) is 13.3. The Bertz CT molecular complexity index is 549. The van der Waals surface area contributed by atoms with E-state index in [9.17, 15) is 4.39 Å². The van der Waals surface area contributed by atoms with Crippen LogP contribution in [0.15, 0.2) is 36.4 Å². The molecule has 0 fully saturated rings. The second-order valence-corrected chi connectivity index (χ2v) is 4.85. The van der Waals surface area contributed by atoms with Crippen molar-refractivity contribution in [2.75, 3.05) is 6.54 Å². The van der Waals surface area contributed by atoms with Crippen LogP contribution in [0.4, 0.5) is 4.39 Å². The van der Waals surface area contributed by atoms with Crippen LogP contribution in [0.25, 0.3) is 11.1 Å². The second-order valence-electron chi connectivity index (χ2n) is 3.98. The summed E-state index contributed by atoms with van der Waals surface area (Å²) in [6, 6.07) is 10.2. The second kappa shape index (κ2) is 5.70. The minimum absolute atomic E-state index is 0.263. The molecule has 4 heteroatoms. The van der Waals surface area contributed by atoms with Gasteiger partial charge in [-0.2, -0.15) is 0 Å². The van der Waals surface area contributed by atoms with E-state index in [0.717, 1.165) is 0 Å². The van der Waals surface area contributed by atoms with Gasteiger partial charge in [0.2, 0.25) is 0 Å². The number of benzene rings is 2. The Labute approximate surface area is 115 Å². The minimum atomic E-state index is -0.263. The highest BCUT2D eigenvalue weighted by molar-refractivity contribution is 6.35. The van der Waals surface area contributed by atoms with Crippen molar-refractivity contribution in [1.29, 1.82) is 0 Å². The van der Waals surface area contributed by atoms with E-state index in [4.69, 9.17) is 28.9 Å². The zero-order valence-electron chi connectivity index (χ0n) is 9.59. The third kappa shape index (κ3) is 2.83. The van der Waals surface area contributed by atoms with Crippen molar-refractivity contribution in [2.45, 2.75) is 6.42 Å². The molecule has 1 nitrogen and oxygen atoms in total. The lowest BCUT2D eigenvalue weighted by molar-refractivity contribution is 0.613. The predicted molar refractivity (Wildman–Crippen MR) is 74.6 cm³/mol. The van der Waals surface area contributed by atoms with E-state index in [1.54, 1.807) is 36.4 Å². The van der Waals surface area contributed by atoms with Gasteiger partial charge in [-0.3, -0.25) is 0 Å². The maximum Gasteiger partial charge on any atom is 0.134 e. The summed E-state index contributed by atoms with van der Waals surface area (Å²) >= 11 is 11.9. The summed E-state index contributed by atoms with van der Waals surface area (Å²) in [5.41, 5.74) is 7.22. The first-order valence-corrected chi connectivity index (χ1v) is 6.31. The molecule has 0 radical (unpaired) electrons. The van der Waals surface area contributed by atoms with Crippen molar-refractivity contribution in [1.82, 2.24) is 0 Å². The summed E-state index contributed by atoms with van der Waals surface area (Å²) in [5.74, 6) is -0.263. The van der Waals surface area contributed by atoms with Crippen LogP contribution in [0, 0.1) is 5.82 Å². The fraction of sp³-hybridized carbons (Fsp3) is 0.143. The Hall–Kier alpha value is -1.09. The van der Waals surface area contributed by atoms with Gasteiger partial charge in [0.25, 0.3) is 0 Å². The molecule has 0 amide bonds. The summed E-state index contributed by atoms with van der Waals surface area (Å²) < 4.78 is 14.3. The third-order valence-corrected chi connectivity index (χ3v) is 3.10. The Morgan fingerprint density at radius 2 is 1.72 bits per heavy atom. The normalized spacial score (nSPS) is 10.7. The lowest BCUT2D eigenvalue weighted by Crippen LogP contribution is -2.05. The largest absolute Gasteiger partial charge is 0.330 e. The summed E-state index contributed by atoms with van der Waals surface area (Å²) in [6.07, 6.45) is 0.508. The highest BCUT2D eigenvalue weighted by Crippen LogP contribution is 2.30. The number of hydrogen-bond donors (Lipinski definition) is 1. The Balaban J connectivity index is 2.53. The molecule has 2 aromatic rings. The molecule has 94 valence electrons. The van der Waals surface area contributed by atoms with Crippen LogP contribution in [0.2, 0.25) is 10.0 Å². The molecule has 0 saturated heterocycles. The van der Waals surface area contributed by atoms with Gasteiger partial charge in [-0.25, -0.2) is 4.39 Å². The summed E-state index contributed by atoms with van der Waals surface area (Å²) in [6.45, 7) is 0.413. The average molecular weight is 284 g/mol. The van der Waals surface area contributed by atoms with Crippen LogP contribution in [-0.4, -0.2) is 6.54 Å². The minimum Gasteiger partial charge on any atom is -0.330 e. The number of halogens is 3. The summed E-state index contributed by atoms with van der Waals surface area (Å²) in [5, 5.41) is 0.974. The van der Waals surface area contributed by atoms with E-state index in [1.807, 2.05) is 0 Å². The van der Waals surface area contributed by atoms with Crippen molar-refractivity contribution >= 4 is 23.2 Å². The highest BCUT2D eigenvalue weighted by atomic mass is 35.5. The summed E-state index contributed by atoms with van der Waals surface area (Å²) in [7, 11) is 0. The fourth-order valence-corrected chi connectivity index (χ4v) is 2.39. The van der Waals surface area contributed by atoms with Gasteiger partial charge < -0.3 is 5.73 Å². The van der Waals surface area contributed by atoms with Crippen LogP contribution >= 0.6 is 23.2 Å².